The van der Waals surface area contributed by atoms with Gasteiger partial charge in [0.25, 0.3) is 5.69 Å². The van der Waals surface area contributed by atoms with Gasteiger partial charge in [0.05, 0.1) is 29.1 Å². The van der Waals surface area contributed by atoms with Gasteiger partial charge in [0.15, 0.2) is 11.5 Å². The smallest absolute Gasteiger partial charge is 0.280 e. The summed E-state index contributed by atoms with van der Waals surface area (Å²) in [6.07, 6.45) is 5.62. The predicted molar refractivity (Wildman–Crippen MR) is 78.8 cm³/mol. The minimum absolute atomic E-state index is 0.0187. The Kier molecular flexibility index (Phi) is 3.96. The molecule has 8 heteroatoms. The third-order valence-corrected chi connectivity index (χ3v) is 3.18. The molecular weight excluding hydrogens is 304 g/mol. The van der Waals surface area contributed by atoms with Crippen LogP contribution in [-0.4, -0.2) is 17.6 Å². The summed E-state index contributed by atoms with van der Waals surface area (Å²) in [4.78, 5) is 22.3. The number of carbonyl (C=O) groups is 1. The molecule has 0 saturated carbocycles. The van der Waals surface area contributed by atoms with Crippen LogP contribution in [0.25, 0.3) is 6.08 Å². The maximum absolute atomic E-state index is 11.8. The Bertz CT molecular complexity index is 767. The molecule has 3 rings (SSSR count). The summed E-state index contributed by atoms with van der Waals surface area (Å²) in [5, 5.41) is 13.8. The van der Waals surface area contributed by atoms with E-state index in [-0.39, 0.29) is 24.0 Å². The Balaban J connectivity index is 1.73. The van der Waals surface area contributed by atoms with Crippen molar-refractivity contribution in [3.05, 3.63) is 58.0 Å². The summed E-state index contributed by atoms with van der Waals surface area (Å²) >= 11 is 0. The summed E-state index contributed by atoms with van der Waals surface area (Å²) in [5.74, 6) is 0.352. The van der Waals surface area contributed by atoms with Gasteiger partial charge in [-0.05, 0) is 18.2 Å². The molecule has 0 radical (unpaired) electrons. The van der Waals surface area contributed by atoms with Gasteiger partial charge in [-0.15, -0.1) is 0 Å². The van der Waals surface area contributed by atoms with E-state index in [9.17, 15) is 14.9 Å². The third kappa shape index (κ3) is 3.31. The molecule has 1 aliphatic rings. The molecule has 0 fully saturated rings. The Labute approximate surface area is 130 Å². The second-order valence-corrected chi connectivity index (χ2v) is 4.70. The fourth-order valence-corrected chi connectivity index (χ4v) is 2.05. The number of hydrogen-bond donors (Lipinski definition) is 1. The fraction of sp³-hybridized carbons (Fsp3) is 0.133. The third-order valence-electron chi connectivity index (χ3n) is 3.18. The van der Waals surface area contributed by atoms with Crippen molar-refractivity contribution >= 4 is 17.7 Å². The number of nitro benzene ring substituents is 1. The van der Waals surface area contributed by atoms with Crippen molar-refractivity contribution in [1.29, 1.82) is 0 Å². The fourth-order valence-electron chi connectivity index (χ4n) is 2.05. The standard InChI is InChI=1S/C15H12N2O6/c18-15(16-7-10-3-4-21-8-10)2-1-11-5-13-14(23-9-22-13)6-12(11)17(19)20/h1-6,8H,7,9H2,(H,16,18)/b2-1+. The van der Waals surface area contributed by atoms with E-state index in [2.05, 4.69) is 5.32 Å². The van der Waals surface area contributed by atoms with Crippen molar-refractivity contribution in [3.63, 3.8) is 0 Å². The van der Waals surface area contributed by atoms with Gasteiger partial charge >= 0.3 is 0 Å². The highest BCUT2D eigenvalue weighted by Crippen LogP contribution is 2.38. The highest BCUT2D eigenvalue weighted by Gasteiger charge is 2.22. The number of rotatable bonds is 5. The SMILES string of the molecule is O=C(/C=C/c1cc2c(cc1[N+](=O)[O-])OCO2)NCc1ccoc1. The summed E-state index contributed by atoms with van der Waals surface area (Å²) in [6.45, 7) is 0.327. The first-order valence-corrected chi connectivity index (χ1v) is 6.68. The zero-order chi connectivity index (χ0) is 16.2. The predicted octanol–water partition coefficient (Wildman–Crippen LogP) is 2.25. The van der Waals surface area contributed by atoms with Crippen LogP contribution in [0.4, 0.5) is 5.69 Å². The molecule has 0 spiro atoms. The molecule has 2 aromatic rings. The van der Waals surface area contributed by atoms with Crippen LogP contribution < -0.4 is 14.8 Å². The van der Waals surface area contributed by atoms with Crippen LogP contribution in [-0.2, 0) is 11.3 Å². The molecule has 118 valence electrons. The highest BCUT2D eigenvalue weighted by atomic mass is 16.7. The van der Waals surface area contributed by atoms with E-state index in [0.717, 1.165) is 5.56 Å². The van der Waals surface area contributed by atoms with Gasteiger partial charge in [-0.2, -0.15) is 0 Å². The summed E-state index contributed by atoms with van der Waals surface area (Å²) < 4.78 is 15.2. The van der Waals surface area contributed by atoms with Crippen LogP contribution in [0, 0.1) is 10.1 Å². The average molecular weight is 316 g/mol. The molecule has 1 amide bonds. The van der Waals surface area contributed by atoms with Crippen molar-refractivity contribution in [2.75, 3.05) is 6.79 Å². The van der Waals surface area contributed by atoms with Crippen LogP contribution >= 0.6 is 0 Å². The van der Waals surface area contributed by atoms with Crippen LogP contribution in [0.5, 0.6) is 11.5 Å². The number of carbonyl (C=O) groups excluding carboxylic acids is 1. The van der Waals surface area contributed by atoms with E-state index in [0.29, 0.717) is 18.0 Å². The molecule has 23 heavy (non-hydrogen) atoms. The lowest BCUT2D eigenvalue weighted by atomic mass is 10.1. The topological polar surface area (TPSA) is 104 Å². The molecule has 2 heterocycles. The monoisotopic (exact) mass is 316 g/mol. The number of nitro groups is 1. The van der Waals surface area contributed by atoms with Crippen LogP contribution in [0.1, 0.15) is 11.1 Å². The van der Waals surface area contributed by atoms with Gasteiger partial charge < -0.3 is 19.2 Å². The number of nitrogens with one attached hydrogen (secondary N) is 1. The number of nitrogens with zero attached hydrogens (tertiary/aromatic N) is 1. The van der Waals surface area contributed by atoms with Gasteiger partial charge in [0.1, 0.15) is 0 Å². The Morgan fingerprint density at radius 1 is 1.35 bits per heavy atom. The maximum Gasteiger partial charge on any atom is 0.280 e. The summed E-state index contributed by atoms with van der Waals surface area (Å²) in [5.41, 5.74) is 0.923. The molecule has 0 unspecified atom stereocenters. The normalized spacial score (nSPS) is 12.5. The average Bonchev–Trinajstić information content (AvgIpc) is 3.20. The number of benzene rings is 1. The lowest BCUT2D eigenvalue weighted by molar-refractivity contribution is -0.385. The minimum Gasteiger partial charge on any atom is -0.472 e. The van der Waals surface area contributed by atoms with Crippen LogP contribution in [0.3, 0.4) is 0 Å². The number of hydrogen-bond acceptors (Lipinski definition) is 6. The van der Waals surface area contributed by atoms with Gasteiger partial charge in [0.2, 0.25) is 12.7 Å². The number of fused-ring (bicyclic) bond motifs is 1. The molecule has 1 N–H and O–H groups in total. The molecule has 8 nitrogen and oxygen atoms in total. The van der Waals surface area contributed by atoms with E-state index >= 15 is 0 Å². The summed E-state index contributed by atoms with van der Waals surface area (Å²) in [7, 11) is 0. The van der Waals surface area contributed by atoms with Gasteiger partial charge in [-0.3, -0.25) is 14.9 Å². The largest absolute Gasteiger partial charge is 0.472 e. The number of amides is 1. The van der Waals surface area contributed by atoms with Crippen molar-refractivity contribution in [2.24, 2.45) is 0 Å². The number of furan rings is 1. The lowest BCUT2D eigenvalue weighted by Gasteiger charge is -2.01. The molecule has 0 bridgehead atoms. The second kappa shape index (κ2) is 6.22. The first-order valence-electron chi connectivity index (χ1n) is 6.68. The van der Waals surface area contributed by atoms with E-state index in [1.54, 1.807) is 6.07 Å². The van der Waals surface area contributed by atoms with Crippen molar-refractivity contribution in [1.82, 2.24) is 5.32 Å². The number of ether oxygens (including phenoxy) is 2. The Morgan fingerprint density at radius 3 is 2.83 bits per heavy atom. The van der Waals surface area contributed by atoms with Crippen molar-refractivity contribution in [2.45, 2.75) is 6.54 Å². The van der Waals surface area contributed by atoms with Gasteiger partial charge in [0, 0.05) is 18.2 Å². The first-order chi connectivity index (χ1) is 11.1. The van der Waals surface area contributed by atoms with Crippen molar-refractivity contribution in [3.8, 4) is 11.5 Å². The molecule has 0 aliphatic carbocycles. The minimum atomic E-state index is -0.537. The van der Waals surface area contributed by atoms with Crippen LogP contribution in [0.2, 0.25) is 0 Å². The van der Waals surface area contributed by atoms with Gasteiger partial charge in [-0.25, -0.2) is 0 Å². The van der Waals surface area contributed by atoms with Crippen molar-refractivity contribution < 1.29 is 23.6 Å². The zero-order valence-corrected chi connectivity index (χ0v) is 11.9. The molecule has 0 atom stereocenters. The van der Waals surface area contributed by atoms with E-state index in [4.69, 9.17) is 13.9 Å². The Hall–Kier alpha value is -3.29. The quantitative estimate of drug-likeness (QED) is 0.515. The lowest BCUT2D eigenvalue weighted by Crippen LogP contribution is -2.19. The zero-order valence-electron chi connectivity index (χ0n) is 11.9. The molecule has 1 aromatic carbocycles. The molecule has 1 aliphatic heterocycles. The van der Waals surface area contributed by atoms with Gasteiger partial charge in [-0.1, -0.05) is 0 Å². The summed E-state index contributed by atoms with van der Waals surface area (Å²) in [6, 6.07) is 4.48. The second-order valence-electron chi connectivity index (χ2n) is 4.70. The van der Waals surface area contributed by atoms with E-state index in [1.807, 2.05) is 0 Å². The maximum atomic E-state index is 11.8. The highest BCUT2D eigenvalue weighted by molar-refractivity contribution is 5.92. The Morgan fingerprint density at radius 2 is 2.13 bits per heavy atom. The van der Waals surface area contributed by atoms with Crippen LogP contribution in [0.15, 0.2) is 41.2 Å². The first kappa shape index (κ1) is 14.6. The molecular formula is C15H12N2O6. The molecule has 1 aromatic heterocycles. The molecule has 0 saturated heterocycles. The van der Waals surface area contributed by atoms with E-state index in [1.165, 1.54) is 36.8 Å². The van der Waals surface area contributed by atoms with E-state index < -0.39 is 4.92 Å².